The topological polar surface area (TPSA) is 9.23 Å². The summed E-state index contributed by atoms with van der Waals surface area (Å²) in [5.74, 6) is 1.21. The number of allylic oxidation sites excluding steroid dienone is 4. The lowest BCUT2D eigenvalue weighted by Gasteiger charge is -2.41. The zero-order valence-electron chi connectivity index (χ0n) is 18.4. The minimum Gasteiger partial charge on any atom is -0.497 e. The first-order valence-corrected chi connectivity index (χ1v) is 15.5. The third-order valence-electron chi connectivity index (χ3n) is 7.09. The molecule has 1 aliphatic carbocycles. The van der Waals surface area contributed by atoms with Gasteiger partial charge in [-0.1, -0.05) is 101 Å². The quantitative estimate of drug-likeness (QED) is 0.558. The van der Waals surface area contributed by atoms with Crippen LogP contribution in [0.2, 0.25) is 30.2 Å². The van der Waals surface area contributed by atoms with Crippen molar-refractivity contribution >= 4 is 26.5 Å². The summed E-state index contributed by atoms with van der Waals surface area (Å²) in [6.07, 6.45) is 8.09. The second-order valence-electron chi connectivity index (χ2n) is 9.38. The number of ether oxygens (including phenoxy) is 1. The van der Waals surface area contributed by atoms with Crippen molar-refractivity contribution in [2.45, 2.75) is 78.2 Å². The Balaban J connectivity index is 2.81. The van der Waals surface area contributed by atoms with E-state index in [1.807, 2.05) is 7.11 Å². The lowest BCUT2D eigenvalue weighted by Crippen LogP contribution is -2.55. The Hall–Kier alpha value is -1.07. The summed E-state index contributed by atoms with van der Waals surface area (Å²) in [4.78, 5) is 0. The van der Waals surface area contributed by atoms with Crippen molar-refractivity contribution in [3.63, 3.8) is 0 Å². The van der Waals surface area contributed by atoms with Gasteiger partial charge in [-0.2, -0.15) is 0 Å². The maximum absolute atomic E-state index is 6.20. The van der Waals surface area contributed by atoms with Crippen molar-refractivity contribution in [1.29, 1.82) is 0 Å². The Morgan fingerprint density at radius 3 is 2.04 bits per heavy atom. The molecule has 0 N–H and O–H groups in total. The van der Waals surface area contributed by atoms with E-state index in [4.69, 9.17) is 4.74 Å². The van der Waals surface area contributed by atoms with Gasteiger partial charge in [0.1, 0.15) is 13.8 Å². The predicted octanol–water partition coefficient (Wildman–Crippen LogP) is 5.84. The highest BCUT2D eigenvalue weighted by Crippen LogP contribution is 2.39. The van der Waals surface area contributed by atoms with Crippen molar-refractivity contribution in [3.05, 3.63) is 41.1 Å². The van der Waals surface area contributed by atoms with Gasteiger partial charge in [-0.05, 0) is 28.8 Å². The SMILES string of the molecule is CC[Si](CC)(C1=CC=CC1)c1cc(C)cc([Si](C)(C)C(C)(C)C)c1OC. The molecule has 0 heterocycles. The Bertz CT molecular complexity index is 716. The lowest BCUT2D eigenvalue weighted by molar-refractivity contribution is 0.420. The average molecular weight is 387 g/mol. The summed E-state index contributed by atoms with van der Waals surface area (Å²) in [7, 11) is -1.56. The van der Waals surface area contributed by atoms with Gasteiger partial charge < -0.3 is 4.74 Å². The van der Waals surface area contributed by atoms with Crippen molar-refractivity contribution in [1.82, 2.24) is 0 Å². The molecular weight excluding hydrogens is 348 g/mol. The summed E-state index contributed by atoms with van der Waals surface area (Å²) >= 11 is 0. The summed E-state index contributed by atoms with van der Waals surface area (Å²) in [6, 6.07) is 7.36. The molecule has 0 bridgehead atoms. The molecule has 144 valence electrons. The van der Waals surface area contributed by atoms with Crippen molar-refractivity contribution < 1.29 is 4.74 Å². The Kier molecular flexibility index (Phi) is 6.14. The average Bonchev–Trinajstić information content (AvgIpc) is 3.10. The van der Waals surface area contributed by atoms with E-state index in [0.717, 1.165) is 6.42 Å². The zero-order valence-corrected chi connectivity index (χ0v) is 20.4. The molecule has 1 nitrogen and oxygen atoms in total. The van der Waals surface area contributed by atoms with Crippen molar-refractivity contribution in [3.8, 4) is 5.75 Å². The van der Waals surface area contributed by atoms with Gasteiger partial charge in [-0.3, -0.25) is 0 Å². The van der Waals surface area contributed by atoms with Crippen LogP contribution in [0.4, 0.5) is 0 Å². The zero-order chi connectivity index (χ0) is 19.8. The van der Waals surface area contributed by atoms with Crippen LogP contribution in [-0.4, -0.2) is 23.3 Å². The molecular formula is C23H38OSi2. The normalized spacial score (nSPS) is 15.3. The predicted molar refractivity (Wildman–Crippen MR) is 123 cm³/mol. The number of rotatable bonds is 6. The van der Waals surface area contributed by atoms with E-state index in [1.165, 1.54) is 28.6 Å². The monoisotopic (exact) mass is 386 g/mol. The molecule has 0 aliphatic heterocycles. The molecule has 2 rings (SSSR count). The van der Waals surface area contributed by atoms with E-state index in [2.05, 4.69) is 85.0 Å². The number of methoxy groups -OCH3 is 1. The summed E-state index contributed by atoms with van der Waals surface area (Å²) < 4.78 is 6.20. The second-order valence-corrected chi connectivity index (χ2v) is 19.4. The lowest BCUT2D eigenvalue weighted by atomic mass is 10.2. The number of hydrogen-bond acceptors (Lipinski definition) is 1. The molecule has 0 unspecified atom stereocenters. The first kappa shape index (κ1) is 21.2. The molecule has 0 saturated heterocycles. The maximum atomic E-state index is 6.20. The van der Waals surface area contributed by atoms with Crippen LogP contribution in [0, 0.1) is 6.92 Å². The van der Waals surface area contributed by atoms with Gasteiger partial charge in [-0.15, -0.1) is 0 Å². The van der Waals surface area contributed by atoms with Crippen LogP contribution in [-0.2, 0) is 0 Å². The van der Waals surface area contributed by atoms with E-state index in [1.54, 1.807) is 10.4 Å². The van der Waals surface area contributed by atoms with Crippen LogP contribution >= 0.6 is 0 Å². The maximum Gasteiger partial charge on any atom is 0.118 e. The van der Waals surface area contributed by atoms with Gasteiger partial charge in [0.05, 0.1) is 15.2 Å². The van der Waals surface area contributed by atoms with Gasteiger partial charge in [0.2, 0.25) is 0 Å². The Labute approximate surface area is 163 Å². The fraction of sp³-hybridized carbons (Fsp3) is 0.565. The molecule has 1 aliphatic rings. The van der Waals surface area contributed by atoms with Gasteiger partial charge in [0.25, 0.3) is 0 Å². The van der Waals surface area contributed by atoms with Crippen LogP contribution in [0.3, 0.4) is 0 Å². The van der Waals surface area contributed by atoms with Gasteiger partial charge in [0.15, 0.2) is 0 Å². The molecule has 0 atom stereocenters. The van der Waals surface area contributed by atoms with Crippen LogP contribution in [0.25, 0.3) is 0 Å². The van der Waals surface area contributed by atoms with E-state index in [9.17, 15) is 0 Å². The van der Waals surface area contributed by atoms with Gasteiger partial charge in [-0.25, -0.2) is 0 Å². The number of hydrogen-bond donors (Lipinski definition) is 0. The minimum atomic E-state index is -1.76. The molecule has 0 fully saturated rings. The molecule has 0 amide bonds. The fourth-order valence-electron chi connectivity index (χ4n) is 4.28. The summed E-state index contributed by atoms with van der Waals surface area (Å²) in [6.45, 7) is 19.3. The number of aryl methyl sites for hydroxylation is 1. The Morgan fingerprint density at radius 2 is 1.62 bits per heavy atom. The van der Waals surface area contributed by atoms with Crippen LogP contribution in [0.15, 0.2) is 35.6 Å². The van der Waals surface area contributed by atoms with E-state index >= 15 is 0 Å². The van der Waals surface area contributed by atoms with Gasteiger partial charge in [0, 0.05) is 0 Å². The van der Waals surface area contributed by atoms with Crippen LogP contribution in [0.5, 0.6) is 5.75 Å². The molecule has 0 spiro atoms. The molecule has 0 aromatic heterocycles. The third-order valence-corrected chi connectivity index (χ3v) is 18.0. The molecule has 1 aromatic carbocycles. The standard InChI is InChI=1S/C23H38OSi2/c1-10-26(11-2,19-14-12-13-15-19)21-17-18(3)16-20(22(21)24-7)25(8,9)23(4,5)6/h12-14,16-17H,10-11,15H2,1-9H3. The van der Waals surface area contributed by atoms with E-state index in [-0.39, 0.29) is 0 Å². The molecule has 0 saturated carbocycles. The smallest absolute Gasteiger partial charge is 0.118 e. The van der Waals surface area contributed by atoms with E-state index in [0.29, 0.717) is 5.04 Å². The van der Waals surface area contributed by atoms with Crippen molar-refractivity contribution in [2.75, 3.05) is 7.11 Å². The van der Waals surface area contributed by atoms with Crippen LogP contribution < -0.4 is 15.1 Å². The molecule has 1 aromatic rings. The minimum absolute atomic E-state index is 0.294. The largest absolute Gasteiger partial charge is 0.497 e. The van der Waals surface area contributed by atoms with Crippen molar-refractivity contribution in [2.24, 2.45) is 0 Å². The summed E-state index contributed by atoms with van der Waals surface area (Å²) in [5.41, 5.74) is 1.39. The molecule has 3 heteroatoms. The first-order valence-electron chi connectivity index (χ1n) is 10.1. The highest BCUT2D eigenvalue weighted by molar-refractivity contribution is 6.99. The third kappa shape index (κ3) is 3.40. The highest BCUT2D eigenvalue weighted by atomic mass is 28.3. The van der Waals surface area contributed by atoms with Crippen LogP contribution in [0.1, 0.15) is 46.6 Å². The molecule has 0 radical (unpaired) electrons. The van der Waals surface area contributed by atoms with E-state index < -0.39 is 16.1 Å². The second kappa shape index (κ2) is 7.51. The molecule has 26 heavy (non-hydrogen) atoms. The highest BCUT2D eigenvalue weighted by Gasteiger charge is 2.43. The first-order chi connectivity index (χ1) is 12.0. The summed E-state index contributed by atoms with van der Waals surface area (Å²) in [5, 5.41) is 5.02. The fourth-order valence-corrected chi connectivity index (χ4v) is 11.2. The van der Waals surface area contributed by atoms with Gasteiger partial charge >= 0.3 is 0 Å². The number of benzene rings is 1. The Morgan fingerprint density at radius 1 is 1.04 bits per heavy atom.